The Labute approximate surface area is 193 Å². The van der Waals surface area contributed by atoms with Gasteiger partial charge >= 0.3 is 5.69 Å². The fraction of sp³-hybridized carbons (Fsp3) is 0.286. The molecule has 172 valence electrons. The number of hydrogen-bond acceptors (Lipinski definition) is 10. The quantitative estimate of drug-likeness (QED) is 0.360. The van der Waals surface area contributed by atoms with Crippen molar-refractivity contribution in [3.63, 3.8) is 0 Å². The van der Waals surface area contributed by atoms with Crippen LogP contribution in [-0.2, 0) is 6.42 Å². The van der Waals surface area contributed by atoms with E-state index in [-0.39, 0.29) is 11.4 Å². The molecular formula is C21H21N5O6S. The van der Waals surface area contributed by atoms with Gasteiger partial charge in [-0.1, -0.05) is 11.8 Å². The van der Waals surface area contributed by atoms with Crippen molar-refractivity contribution in [2.75, 3.05) is 34.2 Å². The lowest BCUT2D eigenvalue weighted by atomic mass is 10.1. The zero-order chi connectivity index (χ0) is 23.5. The Balaban J connectivity index is 1.70. The predicted octanol–water partition coefficient (Wildman–Crippen LogP) is 3.17. The van der Waals surface area contributed by atoms with Crippen LogP contribution in [0.15, 0.2) is 40.6 Å². The number of thioether (sulfide) groups is 1. The van der Waals surface area contributed by atoms with Crippen molar-refractivity contribution >= 4 is 23.2 Å². The number of benzene rings is 2. The van der Waals surface area contributed by atoms with Crippen molar-refractivity contribution < 1.29 is 23.9 Å². The molecule has 0 saturated heterocycles. The van der Waals surface area contributed by atoms with Crippen LogP contribution >= 0.6 is 11.8 Å². The van der Waals surface area contributed by atoms with E-state index in [1.54, 1.807) is 38.1 Å². The van der Waals surface area contributed by atoms with Crippen LogP contribution in [0.1, 0.15) is 17.0 Å². The van der Waals surface area contributed by atoms with Crippen molar-refractivity contribution in [3.8, 4) is 23.0 Å². The largest absolute Gasteiger partial charge is 0.493 e. The highest BCUT2D eigenvalue weighted by Crippen LogP contribution is 2.39. The summed E-state index contributed by atoms with van der Waals surface area (Å²) in [5, 5.41) is 25.3. The fourth-order valence-electron chi connectivity index (χ4n) is 3.45. The predicted molar refractivity (Wildman–Crippen MR) is 121 cm³/mol. The summed E-state index contributed by atoms with van der Waals surface area (Å²) in [5.41, 5.74) is 2.05. The Kier molecular flexibility index (Phi) is 6.36. The van der Waals surface area contributed by atoms with E-state index in [1.165, 1.54) is 24.9 Å². The molecule has 3 aromatic rings. The maximum Gasteiger partial charge on any atom is 0.311 e. The molecule has 2 heterocycles. The SMILES string of the molecule is COc1ccc(C2=Nn3c(Cc4cc(OC)c(OC)c(OC)c4)nnc3SC2)cc1[N+](=O)[O-]. The highest BCUT2D eigenvalue weighted by atomic mass is 32.2. The summed E-state index contributed by atoms with van der Waals surface area (Å²) < 4.78 is 23.0. The number of hydrogen-bond donors (Lipinski definition) is 0. The lowest BCUT2D eigenvalue weighted by Crippen LogP contribution is -2.15. The van der Waals surface area contributed by atoms with Crippen LogP contribution in [0, 0.1) is 10.1 Å². The molecule has 0 saturated carbocycles. The zero-order valence-corrected chi connectivity index (χ0v) is 19.2. The van der Waals surface area contributed by atoms with Gasteiger partial charge in [-0.15, -0.1) is 10.2 Å². The number of methoxy groups -OCH3 is 4. The molecule has 1 aromatic heterocycles. The van der Waals surface area contributed by atoms with E-state index in [2.05, 4.69) is 15.3 Å². The minimum absolute atomic E-state index is 0.116. The highest BCUT2D eigenvalue weighted by Gasteiger charge is 2.23. The van der Waals surface area contributed by atoms with Crippen LogP contribution in [0.25, 0.3) is 0 Å². The van der Waals surface area contributed by atoms with Crippen molar-refractivity contribution in [1.29, 1.82) is 0 Å². The van der Waals surface area contributed by atoms with E-state index in [0.717, 1.165) is 5.56 Å². The molecule has 0 fully saturated rings. The number of nitro groups is 1. The molecule has 0 amide bonds. The lowest BCUT2D eigenvalue weighted by Gasteiger charge is -2.15. The van der Waals surface area contributed by atoms with Crippen molar-refractivity contribution in [3.05, 3.63) is 57.4 Å². The Morgan fingerprint density at radius 2 is 1.70 bits per heavy atom. The number of rotatable bonds is 8. The molecule has 2 aromatic carbocycles. The lowest BCUT2D eigenvalue weighted by molar-refractivity contribution is -0.385. The molecule has 12 heteroatoms. The zero-order valence-electron chi connectivity index (χ0n) is 18.4. The van der Waals surface area contributed by atoms with Crippen LogP contribution in [0.4, 0.5) is 5.69 Å². The normalized spacial score (nSPS) is 12.5. The van der Waals surface area contributed by atoms with Gasteiger partial charge in [0.05, 0.1) is 39.1 Å². The maximum atomic E-state index is 11.4. The molecule has 33 heavy (non-hydrogen) atoms. The van der Waals surface area contributed by atoms with E-state index >= 15 is 0 Å². The topological polar surface area (TPSA) is 123 Å². The summed E-state index contributed by atoms with van der Waals surface area (Å²) in [7, 11) is 6.06. The van der Waals surface area contributed by atoms with Gasteiger partial charge in [-0.25, -0.2) is 0 Å². The van der Waals surface area contributed by atoms with E-state index in [9.17, 15) is 10.1 Å². The summed E-state index contributed by atoms with van der Waals surface area (Å²) in [6, 6.07) is 8.47. The van der Waals surface area contributed by atoms with E-state index in [1.807, 2.05) is 12.1 Å². The minimum atomic E-state index is -0.473. The molecule has 0 aliphatic carbocycles. The Morgan fingerprint density at radius 1 is 1.00 bits per heavy atom. The van der Waals surface area contributed by atoms with Crippen LogP contribution in [0.2, 0.25) is 0 Å². The Morgan fingerprint density at radius 3 is 2.30 bits per heavy atom. The molecule has 11 nitrogen and oxygen atoms in total. The molecule has 0 radical (unpaired) electrons. The number of fused-ring (bicyclic) bond motifs is 1. The van der Waals surface area contributed by atoms with Crippen molar-refractivity contribution in [2.24, 2.45) is 5.10 Å². The minimum Gasteiger partial charge on any atom is -0.493 e. The molecule has 0 unspecified atom stereocenters. The second kappa shape index (κ2) is 9.36. The summed E-state index contributed by atoms with van der Waals surface area (Å²) in [6.07, 6.45) is 0.407. The van der Waals surface area contributed by atoms with Crippen LogP contribution in [0.5, 0.6) is 23.0 Å². The first-order chi connectivity index (χ1) is 16.0. The number of nitrogens with zero attached hydrogens (tertiary/aromatic N) is 5. The summed E-state index contributed by atoms with van der Waals surface area (Å²) in [6.45, 7) is 0. The average molecular weight is 471 g/mol. The molecule has 0 atom stereocenters. The molecule has 0 N–H and O–H groups in total. The van der Waals surface area contributed by atoms with Crippen LogP contribution in [0.3, 0.4) is 0 Å². The molecule has 0 spiro atoms. The van der Waals surface area contributed by atoms with E-state index in [4.69, 9.17) is 18.9 Å². The molecular weight excluding hydrogens is 450 g/mol. The third-order valence-corrected chi connectivity index (χ3v) is 5.96. The molecule has 0 bridgehead atoms. The van der Waals surface area contributed by atoms with Gasteiger partial charge in [0, 0.05) is 23.8 Å². The fourth-order valence-corrected chi connectivity index (χ4v) is 4.31. The maximum absolute atomic E-state index is 11.4. The Hall–Kier alpha value is -3.80. The summed E-state index contributed by atoms with van der Waals surface area (Å²) >= 11 is 1.46. The number of ether oxygens (including phenoxy) is 4. The molecule has 1 aliphatic rings. The van der Waals surface area contributed by atoms with Crippen LogP contribution in [-0.4, -0.2) is 59.7 Å². The van der Waals surface area contributed by atoms with Gasteiger partial charge in [0.15, 0.2) is 23.1 Å². The standard InChI is InChI=1S/C21H21N5O6S/c1-29-16-6-5-13(10-15(16)26(27)28)14-11-33-21-23-22-19(25(21)24-14)9-12-7-17(30-2)20(32-4)18(8-12)31-3/h5-8,10H,9,11H2,1-4H3. The van der Waals surface area contributed by atoms with Gasteiger partial charge in [0.2, 0.25) is 10.9 Å². The third-order valence-electron chi connectivity index (χ3n) is 5.03. The van der Waals surface area contributed by atoms with E-state index in [0.29, 0.717) is 51.7 Å². The van der Waals surface area contributed by atoms with E-state index < -0.39 is 4.92 Å². The third kappa shape index (κ3) is 4.29. The first-order valence-corrected chi connectivity index (χ1v) is 10.7. The van der Waals surface area contributed by atoms with Gasteiger partial charge in [-0.3, -0.25) is 10.1 Å². The van der Waals surface area contributed by atoms with Crippen molar-refractivity contribution in [2.45, 2.75) is 11.6 Å². The molecule has 4 rings (SSSR count). The van der Waals surface area contributed by atoms with Gasteiger partial charge in [0.25, 0.3) is 0 Å². The molecule has 1 aliphatic heterocycles. The monoisotopic (exact) mass is 471 g/mol. The second-order valence-electron chi connectivity index (χ2n) is 6.90. The van der Waals surface area contributed by atoms with Crippen LogP contribution < -0.4 is 18.9 Å². The average Bonchev–Trinajstić information content (AvgIpc) is 3.24. The Bertz CT molecular complexity index is 1220. The van der Waals surface area contributed by atoms with Gasteiger partial charge < -0.3 is 18.9 Å². The van der Waals surface area contributed by atoms with Gasteiger partial charge in [0.1, 0.15) is 0 Å². The summed E-state index contributed by atoms with van der Waals surface area (Å²) in [4.78, 5) is 10.9. The summed E-state index contributed by atoms with van der Waals surface area (Å²) in [5.74, 6) is 2.88. The first-order valence-electron chi connectivity index (χ1n) is 9.75. The smallest absolute Gasteiger partial charge is 0.311 e. The number of aromatic nitrogens is 3. The highest BCUT2D eigenvalue weighted by molar-refractivity contribution is 7.99. The number of nitro benzene ring substituents is 1. The second-order valence-corrected chi connectivity index (χ2v) is 7.84. The van der Waals surface area contributed by atoms with Gasteiger partial charge in [-0.05, 0) is 29.8 Å². The first kappa shape index (κ1) is 22.4. The van der Waals surface area contributed by atoms with Crippen molar-refractivity contribution in [1.82, 2.24) is 14.9 Å². The van der Waals surface area contributed by atoms with Gasteiger partial charge in [-0.2, -0.15) is 9.78 Å².